The topological polar surface area (TPSA) is 85.7 Å². The van der Waals surface area contributed by atoms with Crippen LogP contribution in [-0.2, 0) is 0 Å². The van der Waals surface area contributed by atoms with Crippen LogP contribution < -0.4 is 10.5 Å². The van der Waals surface area contributed by atoms with Crippen molar-refractivity contribution < 1.29 is 9.94 Å². The molecule has 6 nitrogen and oxygen atoms in total. The van der Waals surface area contributed by atoms with Crippen LogP contribution in [0.1, 0.15) is 5.69 Å². The van der Waals surface area contributed by atoms with Crippen LogP contribution in [0.4, 0.5) is 0 Å². The Morgan fingerprint density at radius 1 is 1.41 bits per heavy atom. The number of ether oxygens (including phenoxy) is 1. The Hall–Kier alpha value is -2.50. The van der Waals surface area contributed by atoms with Gasteiger partial charge in [-0.1, -0.05) is 11.2 Å². The highest BCUT2D eigenvalue weighted by atomic mass is 16.5. The maximum Gasteiger partial charge on any atom is 0.214 e. The van der Waals surface area contributed by atoms with Crippen molar-refractivity contribution in [3.05, 3.63) is 42.2 Å². The van der Waals surface area contributed by atoms with Crippen molar-refractivity contribution in [1.29, 1.82) is 0 Å². The van der Waals surface area contributed by atoms with Crippen LogP contribution in [0.3, 0.4) is 0 Å². The van der Waals surface area contributed by atoms with Crippen molar-refractivity contribution in [1.82, 2.24) is 9.55 Å². The second kappa shape index (κ2) is 4.56. The molecule has 0 spiro atoms. The molecule has 0 saturated carbocycles. The lowest BCUT2D eigenvalue weighted by Crippen LogP contribution is -2.17. The Kier molecular flexibility index (Phi) is 2.95. The number of nitrogens with two attached hydrogens (primary N) is 1. The second-order valence-electron chi connectivity index (χ2n) is 3.29. The Bertz CT molecular complexity index is 548. The molecule has 17 heavy (non-hydrogen) atoms. The lowest BCUT2D eigenvalue weighted by Gasteiger charge is -2.08. The molecule has 0 saturated heterocycles. The number of pyridine rings is 1. The number of aromatic nitrogens is 2. The molecule has 0 aliphatic heterocycles. The zero-order valence-electron chi connectivity index (χ0n) is 9.24. The van der Waals surface area contributed by atoms with Gasteiger partial charge >= 0.3 is 0 Å². The summed E-state index contributed by atoms with van der Waals surface area (Å²) in [5.74, 6) is 1.16. The highest BCUT2D eigenvalue weighted by Gasteiger charge is 2.08. The fourth-order valence-electron chi connectivity index (χ4n) is 1.49. The first-order valence-corrected chi connectivity index (χ1v) is 4.93. The van der Waals surface area contributed by atoms with Crippen molar-refractivity contribution >= 4 is 5.84 Å². The van der Waals surface area contributed by atoms with Crippen LogP contribution in [-0.4, -0.2) is 27.7 Å². The van der Waals surface area contributed by atoms with Crippen LogP contribution in [0.25, 0.3) is 5.82 Å². The number of rotatable bonds is 3. The zero-order chi connectivity index (χ0) is 12.3. The van der Waals surface area contributed by atoms with Crippen molar-refractivity contribution in [2.45, 2.75) is 0 Å². The number of hydrogen-bond donors (Lipinski definition) is 2. The van der Waals surface area contributed by atoms with E-state index in [0.29, 0.717) is 17.4 Å². The zero-order valence-corrected chi connectivity index (χ0v) is 9.24. The lowest BCUT2D eigenvalue weighted by atomic mass is 10.4. The van der Waals surface area contributed by atoms with E-state index in [-0.39, 0.29) is 5.84 Å². The summed E-state index contributed by atoms with van der Waals surface area (Å²) in [6, 6.07) is 8.88. The Balaban J connectivity index is 2.49. The van der Waals surface area contributed by atoms with Crippen LogP contribution in [0.2, 0.25) is 0 Å². The molecule has 0 bridgehead atoms. The van der Waals surface area contributed by atoms with E-state index in [1.807, 2.05) is 6.07 Å². The van der Waals surface area contributed by atoms with Gasteiger partial charge in [0.05, 0.1) is 12.8 Å². The van der Waals surface area contributed by atoms with Gasteiger partial charge in [-0.15, -0.1) is 0 Å². The minimum atomic E-state index is 0.0274. The Labute approximate surface area is 98.0 Å². The molecule has 0 aliphatic rings. The first-order chi connectivity index (χ1) is 8.26. The lowest BCUT2D eigenvalue weighted by molar-refractivity contribution is 0.318. The summed E-state index contributed by atoms with van der Waals surface area (Å²) in [5, 5.41) is 11.7. The van der Waals surface area contributed by atoms with E-state index < -0.39 is 0 Å². The Morgan fingerprint density at radius 2 is 2.24 bits per heavy atom. The molecule has 0 aromatic carbocycles. The summed E-state index contributed by atoms with van der Waals surface area (Å²) in [6.45, 7) is 0. The maximum atomic E-state index is 8.68. The number of oxime groups is 1. The molecule has 0 atom stereocenters. The molecule has 2 heterocycles. The molecular weight excluding hydrogens is 220 g/mol. The van der Waals surface area contributed by atoms with Gasteiger partial charge in [0.15, 0.2) is 5.84 Å². The molecule has 2 aromatic heterocycles. The number of hydrogen-bond acceptors (Lipinski definition) is 4. The van der Waals surface area contributed by atoms with E-state index in [0.717, 1.165) is 0 Å². The molecule has 0 aliphatic carbocycles. The van der Waals surface area contributed by atoms with E-state index >= 15 is 0 Å². The predicted octanol–water partition coefficient (Wildman–Crippen LogP) is 0.975. The van der Waals surface area contributed by atoms with Gasteiger partial charge in [-0.3, -0.25) is 4.57 Å². The summed E-state index contributed by atoms with van der Waals surface area (Å²) in [6.07, 6.45) is 1.77. The quantitative estimate of drug-likeness (QED) is 0.357. The monoisotopic (exact) mass is 232 g/mol. The van der Waals surface area contributed by atoms with E-state index in [1.165, 1.54) is 0 Å². The standard InChI is InChI=1S/C11H12N4O2/c1-17-10-6-2-5-9(13-10)15-7-3-4-8(15)11(12)14-16/h2-7,16H,1H3,(H2,12,14). The summed E-state index contributed by atoms with van der Waals surface area (Å²) in [4.78, 5) is 4.26. The molecule has 6 heteroatoms. The molecular formula is C11H12N4O2. The molecule has 2 aromatic rings. The molecule has 0 fully saturated rings. The molecule has 0 radical (unpaired) electrons. The van der Waals surface area contributed by atoms with Crippen LogP contribution in [0.15, 0.2) is 41.7 Å². The average molecular weight is 232 g/mol. The van der Waals surface area contributed by atoms with Crippen molar-refractivity contribution in [2.75, 3.05) is 7.11 Å². The van der Waals surface area contributed by atoms with Crippen molar-refractivity contribution in [3.63, 3.8) is 0 Å². The van der Waals surface area contributed by atoms with Gasteiger partial charge in [0, 0.05) is 12.3 Å². The molecule has 0 amide bonds. The largest absolute Gasteiger partial charge is 0.481 e. The van der Waals surface area contributed by atoms with E-state index in [2.05, 4.69) is 10.1 Å². The third-order valence-corrected chi connectivity index (χ3v) is 2.28. The van der Waals surface area contributed by atoms with Gasteiger partial charge in [0.25, 0.3) is 0 Å². The van der Waals surface area contributed by atoms with Gasteiger partial charge in [-0.25, -0.2) is 0 Å². The third-order valence-electron chi connectivity index (χ3n) is 2.28. The average Bonchev–Trinajstić information content (AvgIpc) is 2.87. The molecule has 88 valence electrons. The highest BCUT2D eigenvalue weighted by Crippen LogP contribution is 2.14. The number of methoxy groups -OCH3 is 1. The second-order valence-corrected chi connectivity index (χ2v) is 3.29. The van der Waals surface area contributed by atoms with E-state index in [1.54, 1.807) is 42.1 Å². The minimum absolute atomic E-state index is 0.0274. The number of nitrogens with zero attached hydrogens (tertiary/aromatic N) is 3. The van der Waals surface area contributed by atoms with Crippen LogP contribution in [0.5, 0.6) is 5.88 Å². The molecule has 0 unspecified atom stereocenters. The maximum absolute atomic E-state index is 8.68. The minimum Gasteiger partial charge on any atom is -0.481 e. The smallest absolute Gasteiger partial charge is 0.214 e. The summed E-state index contributed by atoms with van der Waals surface area (Å²) < 4.78 is 6.75. The summed E-state index contributed by atoms with van der Waals surface area (Å²) >= 11 is 0. The Morgan fingerprint density at radius 3 is 2.94 bits per heavy atom. The van der Waals surface area contributed by atoms with Crippen molar-refractivity contribution in [3.8, 4) is 11.7 Å². The number of amidine groups is 1. The predicted molar refractivity (Wildman–Crippen MR) is 62.6 cm³/mol. The van der Waals surface area contributed by atoms with Gasteiger partial charge in [-0.2, -0.15) is 4.98 Å². The van der Waals surface area contributed by atoms with E-state index in [9.17, 15) is 0 Å². The van der Waals surface area contributed by atoms with Crippen LogP contribution in [0, 0.1) is 0 Å². The first kappa shape index (κ1) is 11.0. The van der Waals surface area contributed by atoms with Gasteiger partial charge in [-0.05, 0) is 18.2 Å². The third kappa shape index (κ3) is 2.05. The van der Waals surface area contributed by atoms with Gasteiger partial charge in [0.2, 0.25) is 5.88 Å². The fraction of sp³-hybridized carbons (Fsp3) is 0.0909. The van der Waals surface area contributed by atoms with Crippen LogP contribution >= 0.6 is 0 Å². The SMILES string of the molecule is COc1cccc(-n2cccc2/C(N)=N/O)n1. The van der Waals surface area contributed by atoms with Gasteiger partial charge in [0.1, 0.15) is 5.82 Å². The summed E-state index contributed by atoms with van der Waals surface area (Å²) in [5.41, 5.74) is 6.13. The normalized spacial score (nSPS) is 11.5. The fourth-order valence-corrected chi connectivity index (χ4v) is 1.49. The van der Waals surface area contributed by atoms with Crippen molar-refractivity contribution in [2.24, 2.45) is 10.9 Å². The molecule has 3 N–H and O–H groups in total. The van der Waals surface area contributed by atoms with E-state index in [4.69, 9.17) is 15.7 Å². The highest BCUT2D eigenvalue weighted by molar-refractivity contribution is 5.96. The first-order valence-electron chi connectivity index (χ1n) is 4.93. The molecule has 2 rings (SSSR count). The summed E-state index contributed by atoms with van der Waals surface area (Å²) in [7, 11) is 1.55. The van der Waals surface area contributed by atoms with Gasteiger partial charge < -0.3 is 15.7 Å².